The van der Waals surface area contributed by atoms with E-state index in [-0.39, 0.29) is 11.6 Å². The van der Waals surface area contributed by atoms with Gasteiger partial charge in [0.15, 0.2) is 5.69 Å². The average Bonchev–Trinajstić information content (AvgIpc) is 3.35. The highest BCUT2D eigenvalue weighted by atomic mass is 16.4. The maximum atomic E-state index is 12.4. The first-order valence-electron chi connectivity index (χ1n) is 7.45. The van der Waals surface area contributed by atoms with Crippen LogP contribution in [0.4, 0.5) is 5.69 Å². The Morgan fingerprint density at radius 3 is 2.76 bits per heavy atom. The number of benzene rings is 2. The van der Waals surface area contributed by atoms with Crippen LogP contribution in [-0.4, -0.2) is 31.1 Å². The van der Waals surface area contributed by atoms with Crippen molar-refractivity contribution in [1.29, 1.82) is 0 Å². The molecule has 0 saturated heterocycles. The minimum atomic E-state index is -0.357. The quantitative estimate of drug-likeness (QED) is 0.616. The van der Waals surface area contributed by atoms with Crippen molar-refractivity contribution in [2.75, 3.05) is 5.32 Å². The largest absolute Gasteiger partial charge is 0.423 e. The maximum Gasteiger partial charge on any atom is 0.277 e. The lowest BCUT2D eigenvalue weighted by Crippen LogP contribution is -2.13. The first kappa shape index (κ1) is 14.8. The molecule has 2 aromatic carbocycles. The van der Waals surface area contributed by atoms with Crippen molar-refractivity contribution in [3.05, 3.63) is 72.9 Å². The van der Waals surface area contributed by atoms with E-state index in [2.05, 4.69) is 25.7 Å². The second-order valence-corrected chi connectivity index (χ2v) is 5.13. The van der Waals surface area contributed by atoms with Crippen molar-refractivity contribution < 1.29 is 9.21 Å². The number of carbonyl (C=O) groups is 1. The highest BCUT2D eigenvalue weighted by Gasteiger charge is 2.13. The summed E-state index contributed by atoms with van der Waals surface area (Å²) in [5, 5.41) is 18.6. The monoisotopic (exact) mass is 332 g/mol. The molecular weight excluding hydrogens is 320 g/mol. The van der Waals surface area contributed by atoms with Gasteiger partial charge >= 0.3 is 0 Å². The van der Waals surface area contributed by atoms with Crippen LogP contribution in [0.15, 0.2) is 71.6 Å². The molecule has 1 amide bonds. The summed E-state index contributed by atoms with van der Waals surface area (Å²) in [6, 6.07) is 16.5. The Bertz CT molecular complexity index is 995. The minimum Gasteiger partial charge on any atom is -0.423 e. The van der Waals surface area contributed by atoms with Gasteiger partial charge in [0, 0.05) is 11.3 Å². The molecule has 0 saturated carbocycles. The van der Waals surface area contributed by atoms with Gasteiger partial charge in [-0.2, -0.15) is 9.90 Å². The van der Waals surface area contributed by atoms with Crippen LogP contribution in [0.1, 0.15) is 10.5 Å². The van der Waals surface area contributed by atoms with E-state index < -0.39 is 0 Å². The Hall–Kier alpha value is -3.81. The number of nitrogens with one attached hydrogen (secondary N) is 1. The van der Waals surface area contributed by atoms with Crippen molar-refractivity contribution in [3.8, 4) is 17.1 Å². The molecule has 8 heteroatoms. The Balaban J connectivity index is 1.53. The van der Waals surface area contributed by atoms with Crippen molar-refractivity contribution in [2.24, 2.45) is 0 Å². The Morgan fingerprint density at radius 2 is 1.96 bits per heavy atom. The first-order valence-corrected chi connectivity index (χ1v) is 7.45. The smallest absolute Gasteiger partial charge is 0.277 e. The fraction of sp³-hybridized carbons (Fsp3) is 0. The lowest BCUT2D eigenvalue weighted by Gasteiger charge is -2.04. The second kappa shape index (κ2) is 6.36. The number of hydrogen-bond donors (Lipinski definition) is 1. The molecule has 0 radical (unpaired) electrons. The van der Waals surface area contributed by atoms with E-state index in [1.165, 1.54) is 17.4 Å². The fourth-order valence-corrected chi connectivity index (χ4v) is 2.28. The molecule has 0 aliphatic carbocycles. The predicted molar refractivity (Wildman–Crippen MR) is 89.0 cm³/mol. The standard InChI is InChI=1S/C17H12N6O2/c24-16(15-10-19-23(22-15)14-7-2-1-3-8-14)20-13-6-4-5-12(9-13)17-21-18-11-25-17/h1-11H,(H,20,24). The number of para-hydroxylation sites is 1. The second-order valence-electron chi connectivity index (χ2n) is 5.13. The van der Waals surface area contributed by atoms with Gasteiger partial charge < -0.3 is 9.73 Å². The number of rotatable bonds is 4. The first-order chi connectivity index (χ1) is 12.3. The Kier molecular flexibility index (Phi) is 3.76. The molecule has 0 spiro atoms. The van der Waals surface area contributed by atoms with Crippen LogP contribution >= 0.6 is 0 Å². The summed E-state index contributed by atoms with van der Waals surface area (Å²) in [5.41, 5.74) is 2.30. The molecule has 4 rings (SSSR count). The van der Waals surface area contributed by atoms with Crippen molar-refractivity contribution in [3.63, 3.8) is 0 Å². The summed E-state index contributed by atoms with van der Waals surface area (Å²) >= 11 is 0. The van der Waals surface area contributed by atoms with E-state index in [0.717, 1.165) is 5.69 Å². The van der Waals surface area contributed by atoms with Gasteiger partial charge in [0.2, 0.25) is 12.3 Å². The van der Waals surface area contributed by atoms with Gasteiger partial charge in [-0.15, -0.1) is 15.3 Å². The van der Waals surface area contributed by atoms with Crippen LogP contribution in [0, 0.1) is 0 Å². The number of aromatic nitrogens is 5. The van der Waals surface area contributed by atoms with Crippen molar-refractivity contribution in [2.45, 2.75) is 0 Å². The van der Waals surface area contributed by atoms with Crippen LogP contribution in [0.3, 0.4) is 0 Å². The Labute approximate surface area is 142 Å². The van der Waals surface area contributed by atoms with Crippen LogP contribution in [0.5, 0.6) is 0 Å². The third-order valence-corrected chi connectivity index (χ3v) is 3.44. The minimum absolute atomic E-state index is 0.215. The molecule has 4 aromatic rings. The van der Waals surface area contributed by atoms with E-state index in [1.54, 1.807) is 18.2 Å². The van der Waals surface area contributed by atoms with Crippen LogP contribution in [0.25, 0.3) is 17.1 Å². The molecule has 8 nitrogen and oxygen atoms in total. The van der Waals surface area contributed by atoms with E-state index >= 15 is 0 Å². The van der Waals surface area contributed by atoms with Crippen LogP contribution in [-0.2, 0) is 0 Å². The summed E-state index contributed by atoms with van der Waals surface area (Å²) in [4.78, 5) is 13.8. The topological polar surface area (TPSA) is 98.7 Å². The molecule has 1 N–H and O–H groups in total. The fourth-order valence-electron chi connectivity index (χ4n) is 2.28. The zero-order valence-corrected chi connectivity index (χ0v) is 12.9. The van der Waals surface area contributed by atoms with E-state index in [0.29, 0.717) is 17.1 Å². The van der Waals surface area contributed by atoms with Gasteiger partial charge in [0.25, 0.3) is 5.91 Å². The molecule has 0 atom stereocenters. The molecule has 0 unspecified atom stereocenters. The average molecular weight is 332 g/mol. The molecule has 2 heterocycles. The van der Waals surface area contributed by atoms with E-state index in [9.17, 15) is 4.79 Å². The number of nitrogens with zero attached hydrogens (tertiary/aromatic N) is 5. The Morgan fingerprint density at radius 1 is 1.08 bits per heavy atom. The zero-order chi connectivity index (χ0) is 17.1. The highest BCUT2D eigenvalue weighted by Crippen LogP contribution is 2.20. The van der Waals surface area contributed by atoms with Gasteiger partial charge in [0.05, 0.1) is 11.9 Å². The summed E-state index contributed by atoms with van der Waals surface area (Å²) in [5.74, 6) is 0.0241. The molecule has 25 heavy (non-hydrogen) atoms. The summed E-state index contributed by atoms with van der Waals surface area (Å²) < 4.78 is 5.16. The molecular formula is C17H12N6O2. The van der Waals surface area contributed by atoms with Gasteiger partial charge in [-0.1, -0.05) is 24.3 Å². The molecule has 0 fully saturated rings. The normalized spacial score (nSPS) is 10.6. The van der Waals surface area contributed by atoms with E-state index in [4.69, 9.17) is 4.42 Å². The third kappa shape index (κ3) is 3.13. The van der Waals surface area contributed by atoms with Crippen LogP contribution < -0.4 is 5.32 Å². The third-order valence-electron chi connectivity index (χ3n) is 3.44. The van der Waals surface area contributed by atoms with Crippen molar-refractivity contribution in [1.82, 2.24) is 25.2 Å². The SMILES string of the molecule is O=C(Nc1cccc(-c2nnco2)c1)c1cnn(-c2ccccc2)n1. The lowest BCUT2D eigenvalue weighted by atomic mass is 10.2. The van der Waals surface area contributed by atoms with Crippen LogP contribution in [0.2, 0.25) is 0 Å². The highest BCUT2D eigenvalue weighted by molar-refractivity contribution is 6.02. The molecule has 0 aliphatic rings. The summed E-state index contributed by atoms with van der Waals surface area (Å²) in [6.45, 7) is 0. The van der Waals surface area contributed by atoms with Gasteiger partial charge in [0.1, 0.15) is 0 Å². The zero-order valence-electron chi connectivity index (χ0n) is 12.9. The molecule has 0 bridgehead atoms. The molecule has 0 aliphatic heterocycles. The van der Waals surface area contributed by atoms with Gasteiger partial charge in [-0.05, 0) is 30.3 Å². The van der Waals surface area contributed by atoms with Crippen molar-refractivity contribution >= 4 is 11.6 Å². The lowest BCUT2D eigenvalue weighted by molar-refractivity contribution is 0.102. The maximum absolute atomic E-state index is 12.4. The molecule has 122 valence electrons. The van der Waals surface area contributed by atoms with Gasteiger partial charge in [-0.3, -0.25) is 4.79 Å². The van der Waals surface area contributed by atoms with E-state index in [1.807, 2.05) is 36.4 Å². The molecule has 2 aromatic heterocycles. The number of hydrogen-bond acceptors (Lipinski definition) is 6. The number of carbonyl (C=O) groups excluding carboxylic acids is 1. The van der Waals surface area contributed by atoms with Gasteiger partial charge in [-0.25, -0.2) is 0 Å². The number of amides is 1. The summed E-state index contributed by atoms with van der Waals surface area (Å²) in [6.07, 6.45) is 2.67. The summed E-state index contributed by atoms with van der Waals surface area (Å²) in [7, 11) is 0. The predicted octanol–water partition coefficient (Wildman–Crippen LogP) is 2.57. The number of anilines is 1.